The van der Waals surface area contributed by atoms with E-state index in [2.05, 4.69) is 5.32 Å². The molecule has 0 radical (unpaired) electrons. The van der Waals surface area contributed by atoms with E-state index in [1.807, 2.05) is 86.4 Å². The fourth-order valence-electron chi connectivity index (χ4n) is 6.74. The zero-order valence-electron chi connectivity index (χ0n) is 23.2. The number of hydrogen-bond acceptors (Lipinski definition) is 6. The van der Waals surface area contributed by atoms with Gasteiger partial charge in [-0.3, -0.25) is 14.4 Å². The number of rotatable bonds is 5. The first-order valence-corrected chi connectivity index (χ1v) is 13.4. The number of nitrogens with one attached hydrogen (secondary N) is 1. The predicted molar refractivity (Wildman–Crippen MR) is 154 cm³/mol. The van der Waals surface area contributed by atoms with E-state index in [1.54, 1.807) is 18.2 Å². The Morgan fingerprint density at radius 2 is 1.68 bits per heavy atom. The lowest BCUT2D eigenvalue weighted by molar-refractivity contribution is -0.128. The molecule has 0 aliphatic carbocycles. The first-order chi connectivity index (χ1) is 19.1. The second-order valence-electron chi connectivity index (χ2n) is 11.6. The van der Waals surface area contributed by atoms with Crippen LogP contribution >= 0.6 is 0 Å². The van der Waals surface area contributed by atoms with Crippen LogP contribution in [-0.4, -0.2) is 43.8 Å². The Kier molecular flexibility index (Phi) is 5.87. The van der Waals surface area contributed by atoms with E-state index >= 15 is 0 Å². The third-order valence-corrected chi connectivity index (χ3v) is 8.50. The molecule has 7 nitrogen and oxygen atoms in total. The normalized spacial score (nSPS) is 24.3. The topological polar surface area (TPSA) is 84.9 Å². The van der Waals surface area contributed by atoms with Gasteiger partial charge in [0.05, 0.1) is 31.7 Å². The van der Waals surface area contributed by atoms with Crippen molar-refractivity contribution in [2.45, 2.75) is 38.3 Å². The van der Waals surface area contributed by atoms with Crippen LogP contribution in [0.3, 0.4) is 0 Å². The van der Waals surface area contributed by atoms with Gasteiger partial charge in [-0.15, -0.1) is 0 Å². The lowest BCUT2D eigenvalue weighted by Gasteiger charge is -2.38. The molecular formula is C33H32N2O5. The number of hydrogen-bond donors (Lipinski definition) is 1. The lowest BCUT2D eigenvalue weighted by Crippen LogP contribution is -2.51. The van der Waals surface area contributed by atoms with Gasteiger partial charge in [-0.1, -0.05) is 69.3 Å². The lowest BCUT2D eigenvalue weighted by atomic mass is 9.63. The smallest absolute Gasteiger partial charge is 0.238 e. The molecule has 1 N–H and O–H groups in total. The molecule has 4 atom stereocenters. The first kappa shape index (κ1) is 25.9. The molecule has 3 aromatic rings. The summed E-state index contributed by atoms with van der Waals surface area (Å²) >= 11 is 0. The van der Waals surface area contributed by atoms with Gasteiger partial charge in [0.2, 0.25) is 5.91 Å². The minimum absolute atomic E-state index is 0.114. The summed E-state index contributed by atoms with van der Waals surface area (Å²) in [6, 6.07) is 18.8. The van der Waals surface area contributed by atoms with E-state index in [0.717, 1.165) is 11.3 Å². The van der Waals surface area contributed by atoms with Gasteiger partial charge in [-0.25, -0.2) is 0 Å². The number of amides is 1. The van der Waals surface area contributed by atoms with Gasteiger partial charge < -0.3 is 19.7 Å². The van der Waals surface area contributed by atoms with E-state index in [4.69, 9.17) is 9.47 Å². The number of para-hydroxylation sites is 2. The average molecular weight is 537 g/mol. The highest BCUT2D eigenvalue weighted by Gasteiger charge is 2.71. The number of carbonyl (C=O) groups is 3. The van der Waals surface area contributed by atoms with Crippen molar-refractivity contribution in [2.75, 3.05) is 24.4 Å². The molecule has 7 heteroatoms. The van der Waals surface area contributed by atoms with Crippen LogP contribution in [0.1, 0.15) is 42.3 Å². The van der Waals surface area contributed by atoms with E-state index in [-0.39, 0.29) is 23.0 Å². The van der Waals surface area contributed by atoms with Gasteiger partial charge in [-0.2, -0.15) is 0 Å². The molecule has 40 heavy (non-hydrogen) atoms. The van der Waals surface area contributed by atoms with Crippen molar-refractivity contribution in [3.05, 3.63) is 89.5 Å². The Morgan fingerprint density at radius 1 is 0.950 bits per heavy atom. The van der Waals surface area contributed by atoms with Gasteiger partial charge >= 0.3 is 0 Å². The Morgan fingerprint density at radius 3 is 2.40 bits per heavy atom. The van der Waals surface area contributed by atoms with Crippen molar-refractivity contribution in [3.63, 3.8) is 0 Å². The van der Waals surface area contributed by atoms with E-state index in [1.165, 1.54) is 14.2 Å². The number of benzene rings is 3. The van der Waals surface area contributed by atoms with Crippen LogP contribution < -0.4 is 19.7 Å². The SMILES string of the molecule is COc1ccc(OC)c(C(=O)[C@@H]2[C@H](C(=O)C(C)(C)C)N3c4ccccc4C=C[C@@H]3[C@@]23C(=O)Nc2ccccc23)c1. The number of nitrogens with zero attached hydrogens (tertiary/aromatic N) is 1. The van der Waals surface area contributed by atoms with Crippen molar-refractivity contribution in [2.24, 2.45) is 11.3 Å². The third kappa shape index (κ3) is 3.46. The molecule has 6 rings (SSSR count). The summed E-state index contributed by atoms with van der Waals surface area (Å²) in [5.74, 6) is -0.964. The monoisotopic (exact) mass is 536 g/mol. The van der Waals surface area contributed by atoms with Crippen molar-refractivity contribution in [3.8, 4) is 11.5 Å². The number of carbonyl (C=O) groups excluding carboxylic acids is 3. The number of ketones is 2. The van der Waals surface area contributed by atoms with Crippen LogP contribution in [0.4, 0.5) is 11.4 Å². The zero-order chi connectivity index (χ0) is 28.4. The maximum absolute atomic E-state index is 15.0. The number of Topliss-reactive ketones (excluding diaryl/α,β-unsaturated/α-hetero) is 2. The summed E-state index contributed by atoms with van der Waals surface area (Å²) in [5, 5.41) is 3.05. The average Bonchev–Trinajstić information content (AvgIpc) is 3.43. The molecule has 1 saturated heterocycles. The maximum atomic E-state index is 15.0. The van der Waals surface area contributed by atoms with Crippen molar-refractivity contribution >= 4 is 34.9 Å². The summed E-state index contributed by atoms with van der Waals surface area (Å²) < 4.78 is 11.1. The predicted octanol–water partition coefficient (Wildman–Crippen LogP) is 5.29. The molecule has 1 amide bonds. The summed E-state index contributed by atoms with van der Waals surface area (Å²) in [6.45, 7) is 5.58. The van der Waals surface area contributed by atoms with Crippen molar-refractivity contribution in [1.29, 1.82) is 0 Å². The van der Waals surface area contributed by atoms with Crippen LogP contribution in [0.15, 0.2) is 72.8 Å². The fourth-order valence-corrected chi connectivity index (χ4v) is 6.74. The molecule has 3 aliphatic heterocycles. The van der Waals surface area contributed by atoms with Crippen LogP contribution in [0.2, 0.25) is 0 Å². The number of anilines is 2. The van der Waals surface area contributed by atoms with E-state index in [0.29, 0.717) is 22.7 Å². The highest BCUT2D eigenvalue weighted by atomic mass is 16.5. The molecule has 0 saturated carbocycles. The Hall–Kier alpha value is -4.39. The minimum Gasteiger partial charge on any atom is -0.497 e. The Balaban J connectivity index is 1.69. The summed E-state index contributed by atoms with van der Waals surface area (Å²) in [7, 11) is 3.03. The molecule has 3 aromatic carbocycles. The Labute approximate surface area is 233 Å². The molecule has 0 unspecified atom stereocenters. The second kappa shape index (κ2) is 9.08. The summed E-state index contributed by atoms with van der Waals surface area (Å²) in [6.07, 6.45) is 3.97. The van der Waals surface area contributed by atoms with Crippen LogP contribution in [0, 0.1) is 11.3 Å². The molecule has 3 aliphatic rings. The molecule has 0 aromatic heterocycles. The molecular weight excluding hydrogens is 504 g/mol. The largest absolute Gasteiger partial charge is 0.497 e. The Bertz CT molecular complexity index is 1590. The van der Waals surface area contributed by atoms with Gasteiger partial charge in [0, 0.05) is 16.8 Å². The van der Waals surface area contributed by atoms with Gasteiger partial charge in [0.15, 0.2) is 11.6 Å². The highest BCUT2D eigenvalue weighted by Crippen LogP contribution is 2.58. The van der Waals surface area contributed by atoms with E-state index < -0.39 is 28.8 Å². The van der Waals surface area contributed by atoms with E-state index in [9.17, 15) is 14.4 Å². The summed E-state index contributed by atoms with van der Waals surface area (Å²) in [5.41, 5.74) is 1.23. The molecule has 3 heterocycles. The van der Waals surface area contributed by atoms with Gasteiger partial charge in [0.25, 0.3) is 0 Å². The van der Waals surface area contributed by atoms with Crippen molar-refractivity contribution in [1.82, 2.24) is 0 Å². The number of ether oxygens (including phenoxy) is 2. The second-order valence-corrected chi connectivity index (χ2v) is 11.6. The molecule has 0 bridgehead atoms. The van der Waals surface area contributed by atoms with Crippen LogP contribution in [0.5, 0.6) is 11.5 Å². The quantitative estimate of drug-likeness (QED) is 0.446. The molecule has 1 fully saturated rings. The highest BCUT2D eigenvalue weighted by molar-refractivity contribution is 6.17. The minimum atomic E-state index is -1.36. The van der Waals surface area contributed by atoms with Crippen LogP contribution in [-0.2, 0) is 15.0 Å². The van der Waals surface area contributed by atoms with Crippen LogP contribution in [0.25, 0.3) is 6.08 Å². The standard InChI is InChI=1S/C33H32N2O5/c1-32(2,3)30(37)28-27(29(36)21-18-20(39-4)15-16-25(21)40-5)33(22-11-7-8-12-23(22)34-31(33)38)26-17-14-19-10-6-9-13-24(19)35(26)28/h6-18,26-28H,1-5H3,(H,34,38)/t26-,27+,28-,33-/m1/s1. The zero-order valence-corrected chi connectivity index (χ0v) is 23.2. The number of methoxy groups -OCH3 is 2. The molecule has 204 valence electrons. The number of fused-ring (bicyclic) bond motifs is 6. The van der Waals surface area contributed by atoms with Gasteiger partial charge in [0.1, 0.15) is 23.0 Å². The maximum Gasteiger partial charge on any atom is 0.238 e. The third-order valence-electron chi connectivity index (χ3n) is 8.50. The van der Waals surface area contributed by atoms with Crippen molar-refractivity contribution < 1.29 is 23.9 Å². The van der Waals surface area contributed by atoms with Gasteiger partial charge in [-0.05, 0) is 41.5 Å². The fraction of sp³-hybridized carbons (Fsp3) is 0.303. The molecule has 1 spiro atoms. The first-order valence-electron chi connectivity index (χ1n) is 13.4. The summed E-state index contributed by atoms with van der Waals surface area (Å²) in [4.78, 5) is 45.9.